The number of nitriles is 4. The van der Waals surface area contributed by atoms with Gasteiger partial charge in [0.2, 0.25) is 11.4 Å². The Morgan fingerprint density at radius 1 is 0.570 bits per heavy atom. The van der Waals surface area contributed by atoms with E-state index in [1.165, 1.54) is 46.9 Å². The Labute approximate surface area is 518 Å². The van der Waals surface area contributed by atoms with Crippen LogP contribution in [0.4, 0.5) is 22.7 Å². The number of thiophene rings is 6. The molecule has 0 spiro atoms. The third kappa shape index (κ3) is 7.29. The van der Waals surface area contributed by atoms with Crippen LogP contribution in [0, 0.1) is 71.6 Å². The van der Waals surface area contributed by atoms with E-state index in [0.717, 1.165) is 105 Å². The molecule has 0 radical (unpaired) electrons. The quantitative estimate of drug-likeness (QED) is 0.0922. The molecule has 5 aliphatic rings. The lowest BCUT2D eigenvalue weighted by molar-refractivity contribution is 0.103. The van der Waals surface area contributed by atoms with Crippen molar-refractivity contribution in [1.82, 2.24) is 8.75 Å². The average Bonchev–Trinajstić information content (AvgIpc) is 1.60. The number of fused-ring (bicyclic) bond motifs is 14. The first-order chi connectivity index (χ1) is 41.5. The minimum absolute atomic E-state index is 0.00887. The Hall–Kier alpha value is -10.2. The van der Waals surface area contributed by atoms with Gasteiger partial charge in [-0.2, -0.15) is 48.2 Å². The molecule has 2 aliphatic carbocycles. The van der Waals surface area contributed by atoms with Crippen molar-refractivity contribution in [2.45, 2.75) is 38.9 Å². The Kier molecular flexibility index (Phi) is 11.4. The fourth-order valence-electron chi connectivity index (χ4n) is 11.5. The molecule has 7 aromatic heterocycles. The van der Waals surface area contributed by atoms with Crippen LogP contribution in [0.15, 0.2) is 79.8 Å². The topological polar surface area (TPSA) is 216 Å². The van der Waals surface area contributed by atoms with Crippen LogP contribution in [-0.4, -0.2) is 20.3 Å². The highest BCUT2D eigenvalue weighted by Gasteiger charge is 2.43. The monoisotopic (exact) mass is 1250 g/mol. The van der Waals surface area contributed by atoms with E-state index in [9.17, 15) is 30.6 Å². The normalized spacial score (nSPS) is 15.8. The van der Waals surface area contributed by atoms with E-state index in [4.69, 9.17) is 53.2 Å². The Morgan fingerprint density at radius 3 is 1.49 bits per heavy atom. The fraction of sp³-hybridized carbons (Fsp3) is 0.0968. The van der Waals surface area contributed by atoms with Gasteiger partial charge in [0, 0.05) is 69.6 Å². The smallest absolute Gasteiger partial charge is 0.480 e. The summed E-state index contributed by atoms with van der Waals surface area (Å²) in [6, 6.07) is 21.6. The number of rotatable bonds is 4. The molecule has 24 heteroatoms. The van der Waals surface area contributed by atoms with Crippen LogP contribution in [0.1, 0.15) is 91.5 Å². The number of ketones is 2. The number of allylic oxidation sites excluding steroid dienone is 5. The number of hydrogen-bond acceptors (Lipinski definition) is 19. The minimum atomic E-state index is -0.817. The number of benzene rings is 3. The first kappa shape index (κ1) is 52.6. The van der Waals surface area contributed by atoms with E-state index in [0.29, 0.717) is 32.2 Å². The van der Waals surface area contributed by atoms with E-state index >= 15 is 0 Å². The lowest BCUT2D eigenvalue weighted by Gasteiger charge is -2.31. The highest BCUT2D eigenvalue weighted by Crippen LogP contribution is 2.63. The van der Waals surface area contributed by atoms with Crippen molar-refractivity contribution >= 4 is 179 Å². The average molecular weight is 1260 g/mol. The van der Waals surface area contributed by atoms with Crippen molar-refractivity contribution in [3.8, 4) is 76.2 Å². The van der Waals surface area contributed by atoms with Gasteiger partial charge in [-0.3, -0.25) is 9.59 Å². The Morgan fingerprint density at radius 2 is 1.02 bits per heavy atom. The molecule has 0 N–H and O–H groups in total. The highest BCUT2D eigenvalue weighted by molar-refractivity contribution is 7.58. The largest absolute Gasteiger partial charge is 0.527 e. The molecule has 3 aromatic carbocycles. The molecule has 0 bridgehead atoms. The van der Waals surface area contributed by atoms with E-state index in [2.05, 4.69) is 31.5 Å². The van der Waals surface area contributed by atoms with E-state index in [1.54, 1.807) is 57.5 Å². The molecule has 10 aromatic rings. The fourth-order valence-corrected chi connectivity index (χ4v) is 20.5. The molecule has 86 heavy (non-hydrogen) atoms. The zero-order valence-corrected chi connectivity index (χ0v) is 50.6. The van der Waals surface area contributed by atoms with Crippen molar-refractivity contribution in [3.05, 3.63) is 171 Å². The second kappa shape index (κ2) is 18.7. The number of Topliss-reactive ketones (excluding diaryl/α,β-unsaturated/α-hetero) is 2. The molecule has 0 saturated carbocycles. The summed E-state index contributed by atoms with van der Waals surface area (Å²) in [5.74, 6) is 0.267. The van der Waals surface area contributed by atoms with Gasteiger partial charge in [0.15, 0.2) is 23.1 Å². The predicted molar refractivity (Wildman–Crippen MR) is 338 cm³/mol. The summed E-state index contributed by atoms with van der Waals surface area (Å²) in [6.45, 7) is 38.8. The van der Waals surface area contributed by atoms with Crippen LogP contribution in [0.3, 0.4) is 0 Å². The zero-order chi connectivity index (χ0) is 59.6. The highest BCUT2D eigenvalue weighted by atomic mass is 32.1. The lowest BCUT2D eigenvalue weighted by Crippen LogP contribution is -2.27. The van der Waals surface area contributed by atoms with E-state index < -0.39 is 22.8 Å². The van der Waals surface area contributed by atoms with E-state index in [1.807, 2.05) is 64.1 Å². The minimum Gasteiger partial charge on any atom is -0.480 e. The number of aromatic nitrogens is 2. The van der Waals surface area contributed by atoms with Crippen molar-refractivity contribution in [2.75, 3.05) is 0 Å². The van der Waals surface area contributed by atoms with Crippen molar-refractivity contribution in [2.24, 2.45) is 8.73 Å². The summed E-state index contributed by atoms with van der Waals surface area (Å²) in [6.07, 6.45) is 3.37. The van der Waals surface area contributed by atoms with Crippen molar-refractivity contribution in [3.63, 3.8) is 0 Å². The second-order valence-corrected chi connectivity index (χ2v) is 28.2. The summed E-state index contributed by atoms with van der Waals surface area (Å²) >= 11 is 11.5. The van der Waals surface area contributed by atoms with E-state index in [-0.39, 0.29) is 78.4 Å². The molecule has 10 heterocycles. The molecule has 0 fully saturated rings. The van der Waals surface area contributed by atoms with Crippen LogP contribution in [0.5, 0.6) is 11.5 Å². The summed E-state index contributed by atoms with van der Waals surface area (Å²) < 4.78 is 37.4. The predicted octanol–water partition coefficient (Wildman–Crippen LogP) is 18.7. The van der Waals surface area contributed by atoms with Gasteiger partial charge >= 0.3 is 5.82 Å². The van der Waals surface area contributed by atoms with Gasteiger partial charge in [-0.15, -0.1) is 68.0 Å². The molecule has 0 amide bonds. The van der Waals surface area contributed by atoms with Gasteiger partial charge in [-0.05, 0) is 99.5 Å². The Bertz CT molecular complexity index is 5260. The van der Waals surface area contributed by atoms with Gasteiger partial charge in [0.05, 0.1) is 103 Å². The summed E-state index contributed by atoms with van der Waals surface area (Å²) in [5.41, 5.74) is 5.84. The standard InChI is InChI=1S/C62H22N12O4S8/c1-61(2)34-13-26(11-32-42(25(21-65)22-66)28-9-23(19-63)37(68-6)16-31(28)51(32)76)79-54(34)58-52(77-61)56-40(83-58)17-38(81-56)44-46-48(73-85-71-46)45(49-47(44)72-86-74-49)39-18-41-57(82-39)53-59(84-41)55-35(62(3,4)78-53)14-27(80-55)12-33-43(60(69-7)70-8)29-15-36(67-5)24(20-64)10-30(29)50(33)75/h9-18H,1-4H3/b32-11-,33-12-. The number of nitrogens with zero attached hydrogens (tertiary/aromatic N) is 12. The maximum atomic E-state index is 14.1. The maximum absolute atomic E-state index is 14.1. The van der Waals surface area contributed by atoms with Crippen molar-refractivity contribution < 1.29 is 19.1 Å². The van der Waals surface area contributed by atoms with Gasteiger partial charge in [-0.1, -0.05) is 0 Å². The number of ether oxygens (including phenoxy) is 2. The number of hydrogen-bond donors (Lipinski definition) is 0. The van der Waals surface area contributed by atoms with Gasteiger partial charge < -0.3 is 9.47 Å². The molecule has 16 nitrogen and oxygen atoms in total. The molecule has 0 atom stereocenters. The molecule has 402 valence electrons. The first-order valence-electron chi connectivity index (χ1n) is 25.3. The molecule has 15 rings (SSSR count). The number of carbonyl (C=O) groups is 2. The van der Waals surface area contributed by atoms with Crippen LogP contribution in [0.2, 0.25) is 0 Å². The molecular weight excluding hydrogens is 1230 g/mol. The lowest BCUT2D eigenvalue weighted by atomic mass is 9.94. The van der Waals surface area contributed by atoms with Gasteiger partial charge in [0.25, 0.3) is 0 Å². The summed E-state index contributed by atoms with van der Waals surface area (Å²) in [4.78, 5) is 49.1. The molecule has 0 unspecified atom stereocenters. The second-order valence-electron chi connectivity index (χ2n) is 20.8. The molecule has 3 aliphatic heterocycles. The first-order valence-corrected chi connectivity index (χ1v) is 31.6. The SMILES string of the molecule is [C-]#[N+]C([N+]#[C-])=C1/C(=C/c2cc3c(s2)-c2sc4cc(-c5c6c(c(-c7cc8sc9c(c8s7)OC(C)(C)c7cc(/C=C8\C(=O)c%10cc([N+]#[C-])c(C#N)cc%10C8=C(C#N)C#N)sc7-9)c7nsnc57)N=S=N6)sc4c2OC3(C)C)C(=O)c2cc(C#N)c([N+]#[C-])cc21. The van der Waals surface area contributed by atoms with Crippen LogP contribution < -0.4 is 9.47 Å². The maximum Gasteiger partial charge on any atom is 0.527 e. The van der Waals surface area contributed by atoms with Crippen molar-refractivity contribution in [1.29, 1.82) is 21.0 Å². The molecule has 0 saturated heterocycles. The molecular formula is C62H22N12O4S8. The van der Waals surface area contributed by atoms with Crippen LogP contribution >= 0.6 is 79.7 Å². The van der Waals surface area contributed by atoms with Gasteiger partial charge in [-0.25, -0.2) is 9.69 Å². The van der Waals surface area contributed by atoms with Gasteiger partial charge in [0.1, 0.15) is 64.5 Å². The van der Waals surface area contributed by atoms with Crippen LogP contribution in [0.25, 0.3) is 113 Å². The summed E-state index contributed by atoms with van der Waals surface area (Å²) in [5, 5.41) is 39.6. The third-order valence-electron chi connectivity index (χ3n) is 15.3. The zero-order valence-electron chi connectivity index (χ0n) is 44.0. The summed E-state index contributed by atoms with van der Waals surface area (Å²) in [7, 11) is 0. The third-order valence-corrected chi connectivity index (χ3v) is 23.6. The van der Waals surface area contributed by atoms with Crippen LogP contribution in [-0.2, 0) is 22.6 Å². The Balaban J connectivity index is 0.786. The number of carbonyl (C=O) groups excluding carboxylic acids is 2.